The Kier molecular flexibility index (Phi) is 2.35. The van der Waals surface area contributed by atoms with Gasteiger partial charge in [0.05, 0.1) is 4.70 Å². The van der Waals surface area contributed by atoms with Gasteiger partial charge >= 0.3 is 0 Å². The van der Waals surface area contributed by atoms with E-state index in [0.29, 0.717) is 0 Å². The lowest BCUT2D eigenvalue weighted by Gasteiger charge is -2.12. The van der Waals surface area contributed by atoms with Crippen LogP contribution in [0.5, 0.6) is 0 Å². The predicted octanol–water partition coefficient (Wildman–Crippen LogP) is 3.75. The van der Waals surface area contributed by atoms with Gasteiger partial charge in [-0.1, -0.05) is 20.8 Å². The number of nitrogens with zero attached hydrogens (tertiary/aromatic N) is 2. The van der Waals surface area contributed by atoms with E-state index >= 15 is 0 Å². The molecule has 0 aliphatic rings. The Bertz CT molecular complexity index is 470. The second kappa shape index (κ2) is 3.28. The van der Waals surface area contributed by atoms with Gasteiger partial charge in [0.2, 0.25) is 0 Å². The number of rotatable bonds is 0. The highest BCUT2D eigenvalue weighted by molar-refractivity contribution is 9.10. The van der Waals surface area contributed by atoms with Gasteiger partial charge in [0, 0.05) is 16.1 Å². The Labute approximate surface area is 95.5 Å². The number of aromatic nitrogens is 2. The third kappa shape index (κ3) is 1.81. The fourth-order valence-corrected chi connectivity index (χ4v) is 2.62. The molecule has 0 aliphatic heterocycles. The highest BCUT2D eigenvalue weighted by Gasteiger charge is 2.19. The predicted molar refractivity (Wildman–Crippen MR) is 63.8 cm³/mol. The van der Waals surface area contributed by atoms with E-state index < -0.39 is 0 Å². The normalized spacial score (nSPS) is 12.3. The molecule has 2 nitrogen and oxygen atoms in total. The van der Waals surface area contributed by atoms with E-state index in [1.807, 2.05) is 0 Å². The second-order valence-electron chi connectivity index (χ2n) is 4.24. The average Bonchev–Trinajstić information content (AvgIpc) is 2.45. The molecule has 74 valence electrons. The summed E-state index contributed by atoms with van der Waals surface area (Å²) < 4.78 is 2.15. The van der Waals surface area contributed by atoms with E-state index in [1.54, 1.807) is 17.5 Å². The molecule has 2 aromatic heterocycles. The maximum Gasteiger partial charge on any atom is 0.170 e. The summed E-state index contributed by atoms with van der Waals surface area (Å²) in [5, 5.41) is 1.14. The molecule has 14 heavy (non-hydrogen) atoms. The van der Waals surface area contributed by atoms with E-state index in [9.17, 15) is 0 Å². The Morgan fingerprint density at radius 2 is 2.07 bits per heavy atom. The van der Waals surface area contributed by atoms with Gasteiger partial charge in [0.1, 0.15) is 5.01 Å². The van der Waals surface area contributed by atoms with E-state index in [1.165, 1.54) is 0 Å². The van der Waals surface area contributed by atoms with Crippen molar-refractivity contribution in [3.63, 3.8) is 0 Å². The highest BCUT2D eigenvalue weighted by atomic mass is 79.9. The molecule has 0 saturated heterocycles. The molecular weight excluding hydrogens is 260 g/mol. The third-order valence-corrected chi connectivity index (χ3v) is 3.71. The van der Waals surface area contributed by atoms with Gasteiger partial charge in [-0.3, -0.25) is 0 Å². The summed E-state index contributed by atoms with van der Waals surface area (Å²) in [5.41, 5.74) is 0.959. The fourth-order valence-electron chi connectivity index (χ4n) is 1.12. The first-order valence-electron chi connectivity index (χ1n) is 4.39. The lowest BCUT2D eigenvalue weighted by Crippen LogP contribution is -2.09. The standard InChI is InChI=1S/C10H11BrN2S/c1-10(2,3)9-13-8-7(14-9)4-6(11)5-12-8/h4-5H,1-3H3. The van der Waals surface area contributed by atoms with Crippen molar-refractivity contribution in [3.05, 3.63) is 21.7 Å². The summed E-state index contributed by atoms with van der Waals surface area (Å²) in [6, 6.07) is 2.06. The minimum absolute atomic E-state index is 0.109. The van der Waals surface area contributed by atoms with E-state index in [2.05, 4.69) is 52.7 Å². The van der Waals surface area contributed by atoms with E-state index in [-0.39, 0.29) is 5.41 Å². The van der Waals surface area contributed by atoms with Crippen molar-refractivity contribution in [2.24, 2.45) is 0 Å². The number of halogens is 1. The smallest absolute Gasteiger partial charge is 0.170 e. The monoisotopic (exact) mass is 270 g/mol. The zero-order valence-corrected chi connectivity index (χ0v) is 10.7. The molecular formula is C10H11BrN2S. The number of thiazole rings is 1. The van der Waals surface area contributed by atoms with E-state index in [0.717, 1.165) is 19.8 Å². The van der Waals surface area contributed by atoms with Crippen LogP contribution >= 0.6 is 27.3 Å². The quantitative estimate of drug-likeness (QED) is 0.729. The van der Waals surface area contributed by atoms with Gasteiger partial charge in [-0.05, 0) is 22.0 Å². The van der Waals surface area contributed by atoms with Crippen LogP contribution in [0.4, 0.5) is 0 Å². The van der Waals surface area contributed by atoms with Crippen molar-refractivity contribution in [2.45, 2.75) is 26.2 Å². The van der Waals surface area contributed by atoms with Crippen LogP contribution in [-0.4, -0.2) is 9.97 Å². The van der Waals surface area contributed by atoms with E-state index in [4.69, 9.17) is 0 Å². The van der Waals surface area contributed by atoms with Crippen LogP contribution in [0, 0.1) is 0 Å². The van der Waals surface area contributed by atoms with Crippen molar-refractivity contribution in [1.29, 1.82) is 0 Å². The molecule has 0 amide bonds. The van der Waals surface area contributed by atoms with Crippen molar-refractivity contribution in [2.75, 3.05) is 0 Å². The van der Waals surface area contributed by atoms with Crippen LogP contribution in [0.2, 0.25) is 0 Å². The number of hydrogen-bond donors (Lipinski definition) is 0. The van der Waals surface area contributed by atoms with Crippen LogP contribution in [0.25, 0.3) is 10.3 Å². The number of hydrogen-bond acceptors (Lipinski definition) is 3. The summed E-state index contributed by atoms with van der Waals surface area (Å²) in [6.07, 6.45) is 1.79. The maximum atomic E-state index is 4.51. The molecule has 2 rings (SSSR count). The molecule has 2 aromatic rings. The Balaban J connectivity index is 2.63. The van der Waals surface area contributed by atoms with Crippen LogP contribution in [-0.2, 0) is 5.41 Å². The topological polar surface area (TPSA) is 25.8 Å². The summed E-state index contributed by atoms with van der Waals surface area (Å²) in [5.74, 6) is 0. The summed E-state index contributed by atoms with van der Waals surface area (Å²) in [6.45, 7) is 6.50. The Morgan fingerprint density at radius 3 is 2.71 bits per heavy atom. The molecule has 0 bridgehead atoms. The molecule has 0 unspecified atom stereocenters. The summed E-state index contributed by atoms with van der Waals surface area (Å²) in [4.78, 5) is 8.78. The molecule has 0 aliphatic carbocycles. The lowest BCUT2D eigenvalue weighted by atomic mass is 9.98. The first kappa shape index (κ1) is 10.1. The van der Waals surface area contributed by atoms with Crippen molar-refractivity contribution >= 4 is 37.6 Å². The molecule has 0 spiro atoms. The van der Waals surface area contributed by atoms with Gasteiger partial charge in [-0.15, -0.1) is 11.3 Å². The van der Waals surface area contributed by atoms with Crippen molar-refractivity contribution in [1.82, 2.24) is 9.97 Å². The maximum absolute atomic E-state index is 4.51. The third-order valence-electron chi connectivity index (χ3n) is 1.86. The summed E-state index contributed by atoms with van der Waals surface area (Å²) >= 11 is 5.12. The first-order chi connectivity index (χ1) is 6.47. The molecule has 0 N–H and O–H groups in total. The Hall–Kier alpha value is -0.480. The van der Waals surface area contributed by atoms with Gasteiger partial charge in [-0.2, -0.15) is 0 Å². The van der Waals surface area contributed by atoms with Gasteiger partial charge < -0.3 is 0 Å². The molecule has 4 heteroatoms. The zero-order chi connectivity index (χ0) is 10.3. The number of pyridine rings is 1. The molecule has 0 atom stereocenters. The van der Waals surface area contributed by atoms with Crippen LogP contribution in [0.1, 0.15) is 25.8 Å². The van der Waals surface area contributed by atoms with Crippen molar-refractivity contribution in [3.8, 4) is 0 Å². The number of fused-ring (bicyclic) bond motifs is 1. The molecule has 0 saturated carbocycles. The SMILES string of the molecule is CC(C)(C)c1nc2ncc(Br)cc2s1. The lowest BCUT2D eigenvalue weighted by molar-refractivity contribution is 0.586. The minimum atomic E-state index is 0.109. The zero-order valence-electron chi connectivity index (χ0n) is 8.34. The largest absolute Gasteiger partial charge is 0.235 e. The minimum Gasteiger partial charge on any atom is -0.235 e. The van der Waals surface area contributed by atoms with Crippen molar-refractivity contribution < 1.29 is 0 Å². The fraction of sp³-hybridized carbons (Fsp3) is 0.400. The molecule has 0 aromatic carbocycles. The average molecular weight is 271 g/mol. The van der Waals surface area contributed by atoms with Gasteiger partial charge in [0.15, 0.2) is 5.65 Å². The van der Waals surface area contributed by atoms with Gasteiger partial charge in [0.25, 0.3) is 0 Å². The molecule has 0 radical (unpaired) electrons. The highest BCUT2D eigenvalue weighted by Crippen LogP contribution is 2.31. The van der Waals surface area contributed by atoms with Gasteiger partial charge in [-0.25, -0.2) is 9.97 Å². The first-order valence-corrected chi connectivity index (χ1v) is 6.00. The van der Waals surface area contributed by atoms with Crippen LogP contribution in [0.15, 0.2) is 16.7 Å². The summed E-state index contributed by atoms with van der Waals surface area (Å²) in [7, 11) is 0. The second-order valence-corrected chi connectivity index (χ2v) is 6.19. The Morgan fingerprint density at radius 1 is 1.36 bits per heavy atom. The van der Waals surface area contributed by atoms with Crippen LogP contribution in [0.3, 0.4) is 0 Å². The molecule has 0 fully saturated rings. The van der Waals surface area contributed by atoms with Crippen LogP contribution < -0.4 is 0 Å². The molecule has 2 heterocycles.